The van der Waals surface area contributed by atoms with Gasteiger partial charge in [0, 0.05) is 46.6 Å². The number of anilines is 2. The highest BCUT2D eigenvalue weighted by atomic mass is 35.5. The Kier molecular flexibility index (Phi) is 8.59. The highest BCUT2D eigenvalue weighted by molar-refractivity contribution is 7.12. The lowest BCUT2D eigenvalue weighted by Crippen LogP contribution is -2.32. The lowest BCUT2D eigenvalue weighted by molar-refractivity contribution is 0.0986. The first-order chi connectivity index (χ1) is 19.6. The summed E-state index contributed by atoms with van der Waals surface area (Å²) >= 11 is 1.68. The topological polar surface area (TPSA) is 88.3 Å². The van der Waals surface area contributed by atoms with Gasteiger partial charge in [0.2, 0.25) is 0 Å². The van der Waals surface area contributed by atoms with E-state index in [2.05, 4.69) is 5.32 Å². The van der Waals surface area contributed by atoms with E-state index in [0.717, 1.165) is 45.9 Å². The molecule has 0 spiro atoms. The normalized spacial score (nSPS) is 12.0. The lowest BCUT2D eigenvalue weighted by Gasteiger charge is -2.23. The SMILES string of the molecule is Cl.NCCc1nc2c(s1)CCN(C(=O)c1ccc(NC(=O)c3ccccc3-c3ccccc3)cc1)c1ccccc1-2. The maximum absolute atomic E-state index is 13.7. The van der Waals surface area contributed by atoms with Crippen LogP contribution in [0.3, 0.4) is 0 Å². The Morgan fingerprint density at radius 3 is 2.29 bits per heavy atom. The monoisotopic (exact) mass is 580 g/mol. The molecule has 0 bridgehead atoms. The molecule has 6 nitrogen and oxygen atoms in total. The number of nitrogens with one attached hydrogen (secondary N) is 1. The third-order valence-electron chi connectivity index (χ3n) is 7.00. The van der Waals surface area contributed by atoms with E-state index in [9.17, 15) is 9.59 Å². The number of hydrogen-bond acceptors (Lipinski definition) is 5. The molecular weight excluding hydrogens is 552 g/mol. The van der Waals surface area contributed by atoms with Gasteiger partial charge < -0.3 is 16.0 Å². The number of carbonyl (C=O) groups excluding carboxylic acids is 2. The molecule has 0 atom stereocenters. The van der Waals surface area contributed by atoms with Crippen LogP contribution in [0, 0.1) is 0 Å². The van der Waals surface area contributed by atoms with Crippen molar-refractivity contribution in [3.05, 3.63) is 124 Å². The van der Waals surface area contributed by atoms with Gasteiger partial charge in [-0.05, 0) is 54.1 Å². The Morgan fingerprint density at radius 2 is 1.54 bits per heavy atom. The van der Waals surface area contributed by atoms with Crippen LogP contribution in [0.4, 0.5) is 11.4 Å². The predicted molar refractivity (Wildman–Crippen MR) is 169 cm³/mol. The third kappa shape index (κ3) is 5.79. The van der Waals surface area contributed by atoms with Crippen LogP contribution in [-0.4, -0.2) is 29.9 Å². The molecule has 6 rings (SSSR count). The molecule has 1 aliphatic heterocycles. The standard InChI is InChI=1S/C33H28N4O2S.ClH/c34-20-18-30-36-31-27-12-6-7-13-28(27)37(21-19-29(31)40-30)33(39)23-14-16-24(17-15-23)35-32(38)26-11-5-4-10-25(26)22-8-2-1-3-9-22;/h1-17H,18-21,34H2,(H,35,38);1H. The Morgan fingerprint density at radius 1 is 0.854 bits per heavy atom. The molecule has 5 aromatic rings. The highest BCUT2D eigenvalue weighted by Gasteiger charge is 2.27. The van der Waals surface area contributed by atoms with Crippen molar-refractivity contribution < 1.29 is 9.59 Å². The molecule has 3 N–H and O–H groups in total. The molecule has 0 aliphatic carbocycles. The number of nitrogens with zero attached hydrogens (tertiary/aromatic N) is 2. The van der Waals surface area contributed by atoms with Crippen molar-refractivity contribution in [1.82, 2.24) is 4.98 Å². The molecule has 0 saturated heterocycles. The summed E-state index contributed by atoms with van der Waals surface area (Å²) in [6.07, 6.45) is 1.48. The second kappa shape index (κ2) is 12.5. The number of halogens is 1. The van der Waals surface area contributed by atoms with Crippen LogP contribution in [-0.2, 0) is 12.8 Å². The second-order valence-electron chi connectivity index (χ2n) is 9.59. The zero-order chi connectivity index (χ0) is 27.5. The minimum atomic E-state index is -0.201. The fourth-order valence-electron chi connectivity index (χ4n) is 5.07. The van der Waals surface area contributed by atoms with Gasteiger partial charge in [0.05, 0.1) is 16.4 Å². The molecular formula is C33H29ClN4O2S. The predicted octanol–water partition coefficient (Wildman–Crippen LogP) is 6.86. The van der Waals surface area contributed by atoms with Crippen LogP contribution < -0.4 is 16.0 Å². The first-order valence-corrected chi connectivity index (χ1v) is 14.1. The number of para-hydroxylation sites is 1. The van der Waals surface area contributed by atoms with Gasteiger partial charge in [-0.3, -0.25) is 9.59 Å². The summed E-state index contributed by atoms with van der Waals surface area (Å²) in [6.45, 7) is 1.12. The van der Waals surface area contributed by atoms with Gasteiger partial charge in [-0.15, -0.1) is 23.7 Å². The van der Waals surface area contributed by atoms with Crippen molar-refractivity contribution in [2.45, 2.75) is 12.8 Å². The molecule has 1 aliphatic rings. The summed E-state index contributed by atoms with van der Waals surface area (Å²) in [5, 5.41) is 4.02. The molecule has 8 heteroatoms. The van der Waals surface area contributed by atoms with E-state index in [1.165, 1.54) is 4.88 Å². The van der Waals surface area contributed by atoms with Crippen molar-refractivity contribution in [3.63, 3.8) is 0 Å². The van der Waals surface area contributed by atoms with Crippen LogP contribution in [0.2, 0.25) is 0 Å². The number of thiazole rings is 1. The van der Waals surface area contributed by atoms with Crippen LogP contribution in [0.5, 0.6) is 0 Å². The van der Waals surface area contributed by atoms with Crippen molar-refractivity contribution >= 4 is 46.9 Å². The summed E-state index contributed by atoms with van der Waals surface area (Å²) in [4.78, 5) is 34.8. The smallest absolute Gasteiger partial charge is 0.258 e. The largest absolute Gasteiger partial charge is 0.330 e. The van der Waals surface area contributed by atoms with Crippen molar-refractivity contribution in [1.29, 1.82) is 0 Å². The summed E-state index contributed by atoms with van der Waals surface area (Å²) in [5.74, 6) is -0.287. The minimum Gasteiger partial charge on any atom is -0.330 e. The van der Waals surface area contributed by atoms with Crippen molar-refractivity contribution in [2.75, 3.05) is 23.3 Å². The molecule has 2 heterocycles. The van der Waals surface area contributed by atoms with Crippen molar-refractivity contribution in [3.8, 4) is 22.4 Å². The highest BCUT2D eigenvalue weighted by Crippen LogP contribution is 2.39. The molecule has 0 unspecified atom stereocenters. The first kappa shape index (κ1) is 28.2. The van der Waals surface area contributed by atoms with Gasteiger partial charge in [-0.25, -0.2) is 4.98 Å². The van der Waals surface area contributed by atoms with E-state index in [0.29, 0.717) is 29.9 Å². The molecule has 41 heavy (non-hydrogen) atoms. The average Bonchev–Trinajstić information content (AvgIpc) is 3.34. The van der Waals surface area contributed by atoms with E-state index >= 15 is 0 Å². The summed E-state index contributed by atoms with van der Waals surface area (Å²) in [6, 6.07) is 32.4. The van der Waals surface area contributed by atoms with E-state index in [-0.39, 0.29) is 24.2 Å². The Labute approximate surface area is 249 Å². The van der Waals surface area contributed by atoms with E-state index < -0.39 is 0 Å². The van der Waals surface area contributed by atoms with Gasteiger partial charge in [0.1, 0.15) is 0 Å². The molecule has 4 aromatic carbocycles. The fourth-order valence-corrected chi connectivity index (χ4v) is 6.15. The quantitative estimate of drug-likeness (QED) is 0.230. The number of rotatable bonds is 6. The Balaban J connectivity index is 0.00000337. The van der Waals surface area contributed by atoms with Crippen LogP contribution in [0.1, 0.15) is 30.6 Å². The van der Waals surface area contributed by atoms with Crippen molar-refractivity contribution in [2.24, 2.45) is 5.73 Å². The van der Waals surface area contributed by atoms with E-state index in [4.69, 9.17) is 10.7 Å². The second-order valence-corrected chi connectivity index (χ2v) is 10.8. The molecule has 1 aromatic heterocycles. The average molecular weight is 581 g/mol. The van der Waals surface area contributed by atoms with Gasteiger partial charge in [0.15, 0.2) is 0 Å². The molecule has 0 radical (unpaired) electrons. The van der Waals surface area contributed by atoms with Crippen LogP contribution >= 0.6 is 23.7 Å². The number of aromatic nitrogens is 1. The fraction of sp³-hybridized carbons (Fsp3) is 0.121. The summed E-state index contributed by atoms with van der Waals surface area (Å²) < 4.78 is 0. The van der Waals surface area contributed by atoms with E-state index in [1.54, 1.807) is 35.6 Å². The molecule has 0 saturated carbocycles. The number of hydrogen-bond donors (Lipinski definition) is 2. The summed E-state index contributed by atoms with van der Waals surface area (Å²) in [5.41, 5.74) is 12.1. The van der Waals surface area contributed by atoms with Crippen LogP contribution in [0.25, 0.3) is 22.4 Å². The number of nitrogens with two attached hydrogens (primary N) is 1. The number of amides is 2. The minimum absolute atomic E-state index is 0. The molecule has 206 valence electrons. The van der Waals surface area contributed by atoms with Crippen LogP contribution in [0.15, 0.2) is 103 Å². The van der Waals surface area contributed by atoms with Gasteiger partial charge in [0.25, 0.3) is 11.8 Å². The number of fused-ring (bicyclic) bond motifs is 3. The van der Waals surface area contributed by atoms with Gasteiger partial charge >= 0.3 is 0 Å². The molecule has 0 fully saturated rings. The molecule has 2 amide bonds. The van der Waals surface area contributed by atoms with E-state index in [1.807, 2.05) is 83.8 Å². The third-order valence-corrected chi connectivity index (χ3v) is 8.18. The Hall–Kier alpha value is -4.30. The first-order valence-electron chi connectivity index (χ1n) is 13.3. The maximum Gasteiger partial charge on any atom is 0.258 e. The number of carbonyl (C=O) groups is 2. The number of benzene rings is 4. The Bertz CT molecular complexity index is 1690. The summed E-state index contributed by atoms with van der Waals surface area (Å²) in [7, 11) is 0. The zero-order valence-electron chi connectivity index (χ0n) is 22.2. The zero-order valence-corrected chi connectivity index (χ0v) is 23.9. The van der Waals surface area contributed by atoms with Gasteiger partial charge in [-0.1, -0.05) is 66.7 Å². The lowest BCUT2D eigenvalue weighted by atomic mass is 9.99. The van der Waals surface area contributed by atoms with Gasteiger partial charge in [-0.2, -0.15) is 0 Å². The maximum atomic E-state index is 13.7.